The first-order valence-electron chi connectivity index (χ1n) is 6.63. The van der Waals surface area contributed by atoms with Gasteiger partial charge in [-0.05, 0) is 45.8 Å². The highest BCUT2D eigenvalue weighted by Gasteiger charge is 2.18. The molecule has 2 heterocycles. The van der Waals surface area contributed by atoms with Crippen LogP contribution < -0.4 is 5.32 Å². The Hall–Kier alpha value is -0.940. The smallest absolute Gasteiger partial charge is 0.141 e. The molecule has 1 saturated heterocycles. The van der Waals surface area contributed by atoms with Crippen LogP contribution in [0.1, 0.15) is 45.0 Å². The van der Waals surface area contributed by atoms with Gasteiger partial charge < -0.3 is 10.2 Å². The molecule has 0 bridgehead atoms. The maximum Gasteiger partial charge on any atom is 0.141 e. The van der Waals surface area contributed by atoms with Gasteiger partial charge in [0.1, 0.15) is 12.2 Å². The molecule has 2 N–H and O–H groups in total. The molecule has 96 valence electrons. The number of aromatic amines is 1. The summed E-state index contributed by atoms with van der Waals surface area (Å²) in [7, 11) is 0. The number of H-pyrrole nitrogens is 1. The minimum absolute atomic E-state index is 0.260. The van der Waals surface area contributed by atoms with E-state index in [2.05, 4.69) is 39.2 Å². The first-order valence-corrected chi connectivity index (χ1v) is 6.63. The molecular weight excluding hydrogens is 214 g/mol. The minimum atomic E-state index is 0.260. The lowest BCUT2D eigenvalue weighted by atomic mass is 10.1. The molecule has 0 amide bonds. The van der Waals surface area contributed by atoms with Crippen molar-refractivity contribution in [3.05, 3.63) is 12.2 Å². The number of nitrogens with zero attached hydrogens (tertiary/aromatic N) is 3. The number of aromatic nitrogens is 3. The maximum absolute atomic E-state index is 4.20. The summed E-state index contributed by atoms with van der Waals surface area (Å²) in [4.78, 5) is 6.73. The van der Waals surface area contributed by atoms with Crippen LogP contribution in [0, 0.1) is 0 Å². The number of rotatable bonds is 4. The van der Waals surface area contributed by atoms with Crippen molar-refractivity contribution in [1.29, 1.82) is 0 Å². The van der Waals surface area contributed by atoms with E-state index in [1.165, 1.54) is 38.9 Å². The predicted octanol–water partition coefficient (Wildman–Crippen LogP) is 1.33. The van der Waals surface area contributed by atoms with Gasteiger partial charge in [0.2, 0.25) is 0 Å². The maximum atomic E-state index is 4.20. The van der Waals surface area contributed by atoms with Crippen LogP contribution in [-0.4, -0.2) is 45.8 Å². The Morgan fingerprint density at radius 2 is 2.41 bits per heavy atom. The van der Waals surface area contributed by atoms with Crippen LogP contribution in [0.2, 0.25) is 0 Å². The van der Waals surface area contributed by atoms with Gasteiger partial charge in [0.25, 0.3) is 0 Å². The van der Waals surface area contributed by atoms with Gasteiger partial charge in [0.15, 0.2) is 0 Å². The van der Waals surface area contributed by atoms with E-state index in [0.717, 1.165) is 5.82 Å². The van der Waals surface area contributed by atoms with Gasteiger partial charge in [-0.25, -0.2) is 4.98 Å². The van der Waals surface area contributed by atoms with Crippen LogP contribution in [0.5, 0.6) is 0 Å². The Kier molecular flexibility index (Phi) is 4.50. The number of likely N-dealkylation sites (tertiary alicyclic amines) is 1. The highest BCUT2D eigenvalue weighted by Crippen LogP contribution is 2.14. The molecule has 0 radical (unpaired) electrons. The molecule has 0 saturated carbocycles. The molecule has 2 rings (SSSR count). The zero-order valence-electron chi connectivity index (χ0n) is 10.8. The van der Waals surface area contributed by atoms with E-state index in [1.807, 2.05) is 0 Å². The van der Waals surface area contributed by atoms with Crippen LogP contribution in [0.15, 0.2) is 6.33 Å². The normalized spacial score (nSPS) is 24.5. The number of nitrogens with one attached hydrogen (secondary N) is 2. The molecule has 1 aromatic heterocycles. The highest BCUT2D eigenvalue weighted by molar-refractivity contribution is 4.90. The summed E-state index contributed by atoms with van der Waals surface area (Å²) in [6, 6.07) is 0.863. The van der Waals surface area contributed by atoms with Crippen molar-refractivity contribution in [3.8, 4) is 0 Å². The summed E-state index contributed by atoms with van der Waals surface area (Å²) >= 11 is 0. The first kappa shape index (κ1) is 12.5. The van der Waals surface area contributed by atoms with E-state index in [0.29, 0.717) is 6.04 Å². The summed E-state index contributed by atoms with van der Waals surface area (Å²) in [5.74, 6) is 0.932. The average Bonchev–Trinajstić information content (AvgIpc) is 2.78. The summed E-state index contributed by atoms with van der Waals surface area (Å²) in [6.07, 6.45) is 5.34. The molecule has 1 aliphatic rings. The highest BCUT2D eigenvalue weighted by atomic mass is 15.2. The fourth-order valence-corrected chi connectivity index (χ4v) is 2.49. The summed E-state index contributed by atoms with van der Waals surface area (Å²) in [5, 5.41) is 10.5. The van der Waals surface area contributed by atoms with Crippen LogP contribution in [0.4, 0.5) is 0 Å². The number of hydrogen-bond donors (Lipinski definition) is 2. The molecule has 5 nitrogen and oxygen atoms in total. The van der Waals surface area contributed by atoms with Crippen molar-refractivity contribution in [2.75, 3.05) is 19.6 Å². The van der Waals surface area contributed by atoms with Crippen molar-refractivity contribution < 1.29 is 0 Å². The largest absolute Gasteiger partial charge is 0.305 e. The Balaban J connectivity index is 1.82. The van der Waals surface area contributed by atoms with Crippen molar-refractivity contribution in [1.82, 2.24) is 25.4 Å². The van der Waals surface area contributed by atoms with Crippen molar-refractivity contribution >= 4 is 0 Å². The van der Waals surface area contributed by atoms with Gasteiger partial charge in [-0.2, -0.15) is 5.10 Å². The number of hydrogen-bond acceptors (Lipinski definition) is 4. The minimum Gasteiger partial charge on any atom is -0.305 e. The molecule has 0 aromatic carbocycles. The zero-order valence-corrected chi connectivity index (χ0v) is 10.8. The third-order valence-corrected chi connectivity index (χ3v) is 3.60. The van der Waals surface area contributed by atoms with Crippen molar-refractivity contribution in [2.24, 2.45) is 0 Å². The molecule has 2 unspecified atom stereocenters. The Bertz CT molecular complexity index is 311. The molecule has 2 atom stereocenters. The summed E-state index contributed by atoms with van der Waals surface area (Å²) in [5.41, 5.74) is 0. The Morgan fingerprint density at radius 3 is 3.12 bits per heavy atom. The van der Waals surface area contributed by atoms with Crippen LogP contribution in [-0.2, 0) is 0 Å². The van der Waals surface area contributed by atoms with Gasteiger partial charge in [-0.15, -0.1) is 0 Å². The SMILES string of the molecule is CCN1CCCC(NC(C)c2ncn[nH]2)CC1. The molecule has 1 fully saturated rings. The lowest BCUT2D eigenvalue weighted by Gasteiger charge is -2.21. The van der Waals surface area contributed by atoms with Gasteiger partial charge in [0.05, 0.1) is 6.04 Å². The van der Waals surface area contributed by atoms with E-state index in [1.54, 1.807) is 6.33 Å². The topological polar surface area (TPSA) is 56.8 Å². The summed E-state index contributed by atoms with van der Waals surface area (Å²) < 4.78 is 0. The van der Waals surface area contributed by atoms with Gasteiger partial charge in [-0.3, -0.25) is 5.10 Å². The predicted molar refractivity (Wildman–Crippen MR) is 67.7 cm³/mol. The average molecular weight is 237 g/mol. The fraction of sp³-hybridized carbons (Fsp3) is 0.833. The van der Waals surface area contributed by atoms with Gasteiger partial charge in [0, 0.05) is 6.04 Å². The van der Waals surface area contributed by atoms with Gasteiger partial charge in [-0.1, -0.05) is 6.92 Å². The third kappa shape index (κ3) is 3.51. The fourth-order valence-electron chi connectivity index (χ4n) is 2.49. The van der Waals surface area contributed by atoms with E-state index in [9.17, 15) is 0 Å². The van der Waals surface area contributed by atoms with Gasteiger partial charge >= 0.3 is 0 Å². The van der Waals surface area contributed by atoms with E-state index in [4.69, 9.17) is 0 Å². The van der Waals surface area contributed by atoms with Crippen LogP contribution in [0.25, 0.3) is 0 Å². The third-order valence-electron chi connectivity index (χ3n) is 3.60. The van der Waals surface area contributed by atoms with E-state index < -0.39 is 0 Å². The van der Waals surface area contributed by atoms with E-state index >= 15 is 0 Å². The van der Waals surface area contributed by atoms with Crippen molar-refractivity contribution in [2.45, 2.75) is 45.2 Å². The lowest BCUT2D eigenvalue weighted by Crippen LogP contribution is -2.33. The summed E-state index contributed by atoms with van der Waals surface area (Å²) in [6.45, 7) is 8.00. The van der Waals surface area contributed by atoms with Crippen molar-refractivity contribution in [3.63, 3.8) is 0 Å². The molecule has 17 heavy (non-hydrogen) atoms. The standard InChI is InChI=1S/C12H23N5/c1-3-17-7-4-5-11(6-8-17)15-10(2)12-13-9-14-16-12/h9-11,15H,3-8H2,1-2H3,(H,13,14,16). The molecule has 0 aliphatic carbocycles. The molecule has 1 aliphatic heterocycles. The lowest BCUT2D eigenvalue weighted by molar-refractivity contribution is 0.295. The second kappa shape index (κ2) is 6.12. The second-order valence-electron chi connectivity index (χ2n) is 4.82. The molecule has 5 heteroatoms. The van der Waals surface area contributed by atoms with Crippen LogP contribution in [0.3, 0.4) is 0 Å². The Labute approximate surface area is 103 Å². The molecule has 0 spiro atoms. The Morgan fingerprint density at radius 1 is 1.53 bits per heavy atom. The first-order chi connectivity index (χ1) is 8.29. The quantitative estimate of drug-likeness (QED) is 0.829. The zero-order chi connectivity index (χ0) is 12.1. The van der Waals surface area contributed by atoms with Crippen LogP contribution >= 0.6 is 0 Å². The monoisotopic (exact) mass is 237 g/mol. The molecule has 1 aromatic rings. The second-order valence-corrected chi connectivity index (χ2v) is 4.82. The van der Waals surface area contributed by atoms with E-state index in [-0.39, 0.29) is 6.04 Å². The molecular formula is C12H23N5.